The Hall–Kier alpha value is -2.88. The van der Waals surface area contributed by atoms with Gasteiger partial charge in [-0.2, -0.15) is 0 Å². The lowest BCUT2D eigenvalue weighted by Gasteiger charge is -2.21. The third-order valence-corrected chi connectivity index (χ3v) is 6.26. The summed E-state index contributed by atoms with van der Waals surface area (Å²) in [5.74, 6) is 0.0966. The molecule has 1 amide bonds. The fraction of sp³-hybridized carbons (Fsp3) is 0.407. The molecule has 0 saturated carbocycles. The fourth-order valence-electron chi connectivity index (χ4n) is 4.62. The second-order valence-corrected chi connectivity index (χ2v) is 8.55. The lowest BCUT2D eigenvalue weighted by molar-refractivity contribution is -0.116. The topological polar surface area (TPSA) is 54.0 Å². The summed E-state index contributed by atoms with van der Waals surface area (Å²) in [5.41, 5.74) is 7.01. The molecule has 1 aromatic heterocycles. The molecule has 1 aliphatic carbocycles. The van der Waals surface area contributed by atoms with Crippen molar-refractivity contribution in [3.8, 4) is 0 Å². The van der Waals surface area contributed by atoms with Gasteiger partial charge in [-0.15, -0.1) is 0 Å². The first kappa shape index (κ1) is 21.4. The van der Waals surface area contributed by atoms with Crippen LogP contribution in [0.1, 0.15) is 61.8 Å². The fourth-order valence-corrected chi connectivity index (χ4v) is 4.62. The molecular weight excluding hydrogens is 382 g/mol. The van der Waals surface area contributed by atoms with Crippen LogP contribution in [0.2, 0.25) is 0 Å². The molecule has 2 aromatic carbocycles. The summed E-state index contributed by atoms with van der Waals surface area (Å²) >= 11 is 0. The van der Waals surface area contributed by atoms with Gasteiger partial charge in [0.1, 0.15) is 0 Å². The Balaban J connectivity index is 1.29. The molecule has 0 atom stereocenters. The van der Waals surface area contributed by atoms with Gasteiger partial charge in [-0.3, -0.25) is 9.78 Å². The number of hydrogen-bond donors (Lipinski definition) is 2. The molecule has 0 radical (unpaired) electrons. The van der Waals surface area contributed by atoms with E-state index in [1.54, 1.807) is 0 Å². The average molecular weight is 416 g/mol. The van der Waals surface area contributed by atoms with Crippen molar-refractivity contribution in [2.75, 3.05) is 17.7 Å². The zero-order valence-electron chi connectivity index (χ0n) is 18.5. The van der Waals surface area contributed by atoms with E-state index in [9.17, 15) is 4.79 Å². The first-order valence-corrected chi connectivity index (χ1v) is 11.7. The van der Waals surface area contributed by atoms with Crippen LogP contribution >= 0.6 is 0 Å². The highest BCUT2D eigenvalue weighted by Gasteiger charge is 2.18. The van der Waals surface area contributed by atoms with E-state index in [2.05, 4.69) is 47.0 Å². The van der Waals surface area contributed by atoms with Crippen LogP contribution in [0.3, 0.4) is 0 Å². The van der Waals surface area contributed by atoms with E-state index in [4.69, 9.17) is 4.98 Å². The van der Waals surface area contributed by atoms with Gasteiger partial charge in [0.05, 0.1) is 5.52 Å². The van der Waals surface area contributed by atoms with Crippen molar-refractivity contribution >= 4 is 28.2 Å². The molecule has 0 unspecified atom stereocenters. The van der Waals surface area contributed by atoms with Gasteiger partial charge in [-0.1, -0.05) is 43.2 Å². The number of hydrogen-bond acceptors (Lipinski definition) is 3. The summed E-state index contributed by atoms with van der Waals surface area (Å²) in [7, 11) is 1.98. The van der Waals surface area contributed by atoms with Crippen molar-refractivity contribution < 1.29 is 4.79 Å². The molecular formula is C27H33N3O. The summed E-state index contributed by atoms with van der Waals surface area (Å²) in [5, 5.41) is 7.58. The SMILES string of the molecule is CNc1c2c(nc3ccc(NC(=O)CCCCCCc4ccccc4)cc13)CCCC2. The molecule has 0 fully saturated rings. The highest BCUT2D eigenvalue weighted by molar-refractivity contribution is 5.98. The number of unbranched alkanes of at least 4 members (excludes halogenated alkanes) is 3. The number of amides is 1. The number of nitrogens with zero attached hydrogens (tertiary/aromatic N) is 1. The Morgan fingerprint density at radius 3 is 2.61 bits per heavy atom. The summed E-state index contributed by atoms with van der Waals surface area (Å²) in [6, 6.07) is 16.7. The second kappa shape index (κ2) is 10.4. The largest absolute Gasteiger partial charge is 0.387 e. The lowest BCUT2D eigenvalue weighted by Crippen LogP contribution is -2.12. The Morgan fingerprint density at radius 2 is 1.77 bits per heavy atom. The highest BCUT2D eigenvalue weighted by Crippen LogP contribution is 2.34. The highest BCUT2D eigenvalue weighted by atomic mass is 16.1. The summed E-state index contributed by atoms with van der Waals surface area (Å²) < 4.78 is 0. The molecule has 0 saturated heterocycles. The van der Waals surface area contributed by atoms with Crippen molar-refractivity contribution in [3.05, 3.63) is 65.4 Å². The Labute approximate surface area is 185 Å². The summed E-state index contributed by atoms with van der Waals surface area (Å²) in [6.45, 7) is 0. The minimum atomic E-state index is 0.0966. The maximum atomic E-state index is 12.4. The molecule has 0 aliphatic heterocycles. The summed E-state index contributed by atoms with van der Waals surface area (Å²) in [4.78, 5) is 17.3. The van der Waals surface area contributed by atoms with Gasteiger partial charge in [0.25, 0.3) is 0 Å². The zero-order chi connectivity index (χ0) is 21.5. The monoisotopic (exact) mass is 415 g/mol. The van der Waals surface area contributed by atoms with Crippen molar-refractivity contribution in [3.63, 3.8) is 0 Å². The number of aryl methyl sites for hydroxylation is 2. The lowest BCUT2D eigenvalue weighted by atomic mass is 9.92. The van der Waals surface area contributed by atoms with E-state index >= 15 is 0 Å². The Morgan fingerprint density at radius 1 is 0.968 bits per heavy atom. The molecule has 1 heterocycles. The summed E-state index contributed by atoms with van der Waals surface area (Å²) in [6.07, 6.45) is 10.6. The molecule has 0 bridgehead atoms. The van der Waals surface area contributed by atoms with Gasteiger partial charge in [0.15, 0.2) is 0 Å². The van der Waals surface area contributed by atoms with Crippen molar-refractivity contribution in [2.45, 2.75) is 64.2 Å². The van der Waals surface area contributed by atoms with E-state index in [1.165, 1.54) is 48.2 Å². The Bertz CT molecular complexity index is 1030. The minimum Gasteiger partial charge on any atom is -0.387 e. The van der Waals surface area contributed by atoms with Gasteiger partial charge in [-0.05, 0) is 74.3 Å². The number of carbonyl (C=O) groups is 1. The number of nitrogens with one attached hydrogen (secondary N) is 2. The number of fused-ring (bicyclic) bond motifs is 2. The first-order valence-electron chi connectivity index (χ1n) is 11.7. The van der Waals surface area contributed by atoms with Crippen molar-refractivity contribution in [2.24, 2.45) is 0 Å². The standard InChI is InChI=1S/C27H33N3O/c1-28-27-22-14-9-10-15-24(22)30-25-18-17-21(19-23(25)27)29-26(31)16-8-3-2-5-11-20-12-6-4-7-13-20/h4,6-7,12-13,17-19H,2-3,5,8-11,14-16H2,1H3,(H,28,30)(H,29,31). The molecule has 4 nitrogen and oxygen atoms in total. The van der Waals surface area contributed by atoms with Gasteiger partial charge in [0, 0.05) is 35.9 Å². The van der Waals surface area contributed by atoms with Crippen LogP contribution in [-0.4, -0.2) is 17.9 Å². The molecule has 4 heteroatoms. The molecule has 2 N–H and O–H groups in total. The zero-order valence-corrected chi connectivity index (χ0v) is 18.5. The predicted octanol–water partition coefficient (Wildman–Crippen LogP) is 6.29. The predicted molar refractivity (Wildman–Crippen MR) is 130 cm³/mol. The van der Waals surface area contributed by atoms with Crippen LogP contribution in [0.25, 0.3) is 10.9 Å². The smallest absolute Gasteiger partial charge is 0.224 e. The van der Waals surface area contributed by atoms with Crippen LogP contribution in [0.4, 0.5) is 11.4 Å². The van der Waals surface area contributed by atoms with Crippen molar-refractivity contribution in [1.82, 2.24) is 4.98 Å². The maximum absolute atomic E-state index is 12.4. The number of rotatable bonds is 9. The van der Waals surface area contributed by atoms with E-state index in [-0.39, 0.29) is 5.91 Å². The van der Waals surface area contributed by atoms with Crippen LogP contribution in [0, 0.1) is 0 Å². The van der Waals surface area contributed by atoms with Gasteiger partial charge in [-0.25, -0.2) is 0 Å². The van der Waals surface area contributed by atoms with E-state index < -0.39 is 0 Å². The maximum Gasteiger partial charge on any atom is 0.224 e. The number of benzene rings is 2. The molecule has 3 aromatic rings. The van der Waals surface area contributed by atoms with Crippen LogP contribution < -0.4 is 10.6 Å². The van der Waals surface area contributed by atoms with Gasteiger partial charge >= 0.3 is 0 Å². The average Bonchev–Trinajstić information content (AvgIpc) is 2.80. The molecule has 0 spiro atoms. The minimum absolute atomic E-state index is 0.0966. The molecule has 31 heavy (non-hydrogen) atoms. The van der Waals surface area contributed by atoms with Crippen LogP contribution in [-0.2, 0) is 24.1 Å². The van der Waals surface area contributed by atoms with Crippen molar-refractivity contribution in [1.29, 1.82) is 0 Å². The van der Waals surface area contributed by atoms with E-state index in [0.717, 1.165) is 48.7 Å². The number of anilines is 2. The van der Waals surface area contributed by atoms with Gasteiger partial charge in [0.2, 0.25) is 5.91 Å². The Kier molecular flexibility index (Phi) is 7.18. The number of pyridine rings is 1. The van der Waals surface area contributed by atoms with Crippen LogP contribution in [0.15, 0.2) is 48.5 Å². The molecule has 1 aliphatic rings. The number of aromatic nitrogens is 1. The van der Waals surface area contributed by atoms with Crippen LogP contribution in [0.5, 0.6) is 0 Å². The van der Waals surface area contributed by atoms with E-state index in [1.807, 2.05) is 19.2 Å². The third-order valence-electron chi connectivity index (χ3n) is 6.26. The third kappa shape index (κ3) is 5.43. The normalized spacial score (nSPS) is 13.1. The first-order chi connectivity index (χ1) is 15.2. The van der Waals surface area contributed by atoms with E-state index in [0.29, 0.717) is 6.42 Å². The molecule has 162 valence electrons. The quantitative estimate of drug-likeness (QED) is 0.404. The molecule has 4 rings (SSSR count). The number of carbonyl (C=O) groups excluding carboxylic acids is 1. The second-order valence-electron chi connectivity index (χ2n) is 8.55. The van der Waals surface area contributed by atoms with Gasteiger partial charge < -0.3 is 10.6 Å².